The molecule has 1 aliphatic carbocycles. The van der Waals surface area contributed by atoms with Gasteiger partial charge in [-0.15, -0.1) is 11.3 Å². The highest BCUT2D eigenvalue weighted by molar-refractivity contribution is 7.12. The second-order valence-electron chi connectivity index (χ2n) is 7.40. The van der Waals surface area contributed by atoms with Crippen LogP contribution in [-0.2, 0) is 10.3 Å². The molecule has 0 unspecified atom stereocenters. The third-order valence-electron chi connectivity index (χ3n) is 5.67. The van der Waals surface area contributed by atoms with Gasteiger partial charge in [0.25, 0.3) is 5.91 Å². The van der Waals surface area contributed by atoms with E-state index in [1.807, 2.05) is 40.6 Å². The van der Waals surface area contributed by atoms with Gasteiger partial charge in [-0.25, -0.2) is 0 Å². The molecule has 142 valence electrons. The molecule has 1 saturated heterocycles. The lowest BCUT2D eigenvalue weighted by molar-refractivity contribution is -0.125. The number of rotatable bonds is 5. The molecule has 0 radical (unpaired) electrons. The van der Waals surface area contributed by atoms with E-state index in [-0.39, 0.29) is 17.4 Å². The standard InChI is InChI=1S/C21H25N3O2S/c25-19(22-21(9-5-10-21)17-6-2-1-3-7-17)16-23-11-13-24(14-12-23)20(26)18-8-4-15-27-18/h1-4,6-8,15H,5,9-14,16H2,(H,22,25). The quantitative estimate of drug-likeness (QED) is 0.864. The molecule has 1 aromatic carbocycles. The Hall–Kier alpha value is -2.18. The van der Waals surface area contributed by atoms with Crippen LogP contribution in [0.4, 0.5) is 0 Å². The first-order valence-electron chi connectivity index (χ1n) is 9.58. The first-order valence-corrected chi connectivity index (χ1v) is 10.5. The summed E-state index contributed by atoms with van der Waals surface area (Å²) in [6, 6.07) is 14.1. The summed E-state index contributed by atoms with van der Waals surface area (Å²) in [7, 11) is 0. The lowest BCUT2D eigenvalue weighted by Gasteiger charge is -2.44. The second kappa shape index (κ2) is 7.82. The number of thiophene rings is 1. The molecule has 0 spiro atoms. The van der Waals surface area contributed by atoms with Crippen molar-refractivity contribution in [1.82, 2.24) is 15.1 Å². The molecule has 2 aromatic rings. The van der Waals surface area contributed by atoms with Gasteiger partial charge in [-0.2, -0.15) is 0 Å². The Bertz CT molecular complexity index is 779. The van der Waals surface area contributed by atoms with E-state index in [0.717, 1.165) is 37.2 Å². The topological polar surface area (TPSA) is 52.7 Å². The summed E-state index contributed by atoms with van der Waals surface area (Å²) >= 11 is 1.48. The molecule has 0 bridgehead atoms. The van der Waals surface area contributed by atoms with E-state index in [9.17, 15) is 9.59 Å². The van der Waals surface area contributed by atoms with Crippen molar-refractivity contribution in [3.05, 3.63) is 58.3 Å². The van der Waals surface area contributed by atoms with Crippen molar-refractivity contribution in [2.24, 2.45) is 0 Å². The summed E-state index contributed by atoms with van der Waals surface area (Å²) in [4.78, 5) is 29.9. The van der Waals surface area contributed by atoms with Crippen molar-refractivity contribution in [3.63, 3.8) is 0 Å². The van der Waals surface area contributed by atoms with Gasteiger partial charge in [-0.1, -0.05) is 36.4 Å². The normalized spacial score (nSPS) is 19.3. The Labute approximate surface area is 164 Å². The van der Waals surface area contributed by atoms with Crippen LogP contribution in [0, 0.1) is 0 Å². The zero-order valence-electron chi connectivity index (χ0n) is 15.4. The molecule has 2 fully saturated rings. The number of piperazine rings is 1. The largest absolute Gasteiger partial charge is 0.345 e. The van der Waals surface area contributed by atoms with Crippen LogP contribution in [0.1, 0.15) is 34.5 Å². The maximum absolute atomic E-state index is 12.7. The van der Waals surface area contributed by atoms with Crippen LogP contribution < -0.4 is 5.32 Å². The highest BCUT2D eigenvalue weighted by Gasteiger charge is 2.40. The van der Waals surface area contributed by atoms with Gasteiger partial charge >= 0.3 is 0 Å². The number of carbonyl (C=O) groups is 2. The SMILES string of the molecule is O=C(CN1CCN(C(=O)c2cccs2)CC1)NC1(c2ccccc2)CCC1. The van der Waals surface area contributed by atoms with Crippen LogP contribution in [0.5, 0.6) is 0 Å². The Balaban J connectivity index is 1.29. The predicted molar refractivity (Wildman–Crippen MR) is 107 cm³/mol. The number of nitrogens with one attached hydrogen (secondary N) is 1. The highest BCUT2D eigenvalue weighted by atomic mass is 32.1. The van der Waals surface area contributed by atoms with Gasteiger partial charge in [0, 0.05) is 26.2 Å². The summed E-state index contributed by atoms with van der Waals surface area (Å²) in [5.74, 6) is 0.184. The fourth-order valence-corrected chi connectivity index (χ4v) is 4.64. The summed E-state index contributed by atoms with van der Waals surface area (Å²) < 4.78 is 0. The lowest BCUT2D eigenvalue weighted by atomic mass is 9.72. The number of amides is 2. The van der Waals surface area contributed by atoms with E-state index < -0.39 is 0 Å². The zero-order valence-corrected chi connectivity index (χ0v) is 16.2. The first-order chi connectivity index (χ1) is 13.2. The minimum absolute atomic E-state index is 0.0802. The average Bonchev–Trinajstić information content (AvgIpc) is 3.20. The van der Waals surface area contributed by atoms with Gasteiger partial charge in [-0.05, 0) is 36.3 Å². The summed E-state index contributed by atoms with van der Waals surface area (Å²) in [6.07, 6.45) is 3.16. The van der Waals surface area contributed by atoms with Gasteiger partial charge in [0.1, 0.15) is 0 Å². The summed E-state index contributed by atoms with van der Waals surface area (Å²) in [5.41, 5.74) is 1.02. The van der Waals surface area contributed by atoms with Crippen molar-refractivity contribution < 1.29 is 9.59 Å². The highest BCUT2D eigenvalue weighted by Crippen LogP contribution is 2.41. The number of hydrogen-bond acceptors (Lipinski definition) is 4. The zero-order chi connectivity index (χ0) is 18.7. The van der Waals surface area contributed by atoms with Crippen LogP contribution in [0.25, 0.3) is 0 Å². The summed E-state index contributed by atoms with van der Waals surface area (Å²) in [5, 5.41) is 5.22. The Kier molecular flexibility index (Phi) is 5.27. The van der Waals surface area contributed by atoms with E-state index in [0.29, 0.717) is 19.6 Å². The van der Waals surface area contributed by atoms with E-state index in [1.54, 1.807) is 0 Å². The number of nitrogens with zero attached hydrogens (tertiary/aromatic N) is 2. The molecule has 1 aliphatic heterocycles. The molecule has 1 N–H and O–H groups in total. The molecule has 2 amide bonds. The second-order valence-corrected chi connectivity index (χ2v) is 8.34. The molecule has 1 saturated carbocycles. The molecule has 27 heavy (non-hydrogen) atoms. The fourth-order valence-electron chi connectivity index (χ4n) is 3.95. The van der Waals surface area contributed by atoms with Gasteiger partial charge in [0.2, 0.25) is 5.91 Å². The van der Waals surface area contributed by atoms with Gasteiger partial charge in [0.05, 0.1) is 17.0 Å². The van der Waals surface area contributed by atoms with Crippen LogP contribution in [0.2, 0.25) is 0 Å². The molecule has 0 atom stereocenters. The van der Waals surface area contributed by atoms with Crippen molar-refractivity contribution >= 4 is 23.2 Å². The van der Waals surface area contributed by atoms with Crippen LogP contribution in [0.3, 0.4) is 0 Å². The monoisotopic (exact) mass is 383 g/mol. The minimum atomic E-state index is -0.185. The molecule has 1 aromatic heterocycles. The van der Waals surface area contributed by atoms with Gasteiger partial charge in [0.15, 0.2) is 0 Å². The molecule has 6 heteroatoms. The number of hydrogen-bond donors (Lipinski definition) is 1. The third-order valence-corrected chi connectivity index (χ3v) is 6.53. The Morgan fingerprint density at radius 2 is 1.74 bits per heavy atom. The molecular weight excluding hydrogens is 358 g/mol. The molecular formula is C21H25N3O2S. The Morgan fingerprint density at radius 3 is 2.33 bits per heavy atom. The fraction of sp³-hybridized carbons (Fsp3) is 0.429. The first kappa shape index (κ1) is 18.2. The van der Waals surface area contributed by atoms with Crippen LogP contribution in [-0.4, -0.2) is 54.3 Å². The predicted octanol–water partition coefficient (Wildman–Crippen LogP) is 2.70. The van der Waals surface area contributed by atoms with Crippen LogP contribution >= 0.6 is 11.3 Å². The smallest absolute Gasteiger partial charge is 0.264 e. The van der Waals surface area contributed by atoms with E-state index in [1.165, 1.54) is 16.9 Å². The average molecular weight is 384 g/mol. The van der Waals surface area contributed by atoms with Crippen molar-refractivity contribution in [1.29, 1.82) is 0 Å². The van der Waals surface area contributed by atoms with Crippen molar-refractivity contribution in [2.75, 3.05) is 32.7 Å². The van der Waals surface area contributed by atoms with Crippen molar-refractivity contribution in [3.8, 4) is 0 Å². The molecule has 5 nitrogen and oxygen atoms in total. The number of carbonyl (C=O) groups excluding carboxylic acids is 2. The molecule has 2 heterocycles. The lowest BCUT2D eigenvalue weighted by Crippen LogP contribution is -2.55. The maximum Gasteiger partial charge on any atom is 0.264 e. The van der Waals surface area contributed by atoms with E-state index >= 15 is 0 Å². The van der Waals surface area contributed by atoms with Gasteiger partial charge < -0.3 is 10.2 Å². The van der Waals surface area contributed by atoms with Crippen molar-refractivity contribution in [2.45, 2.75) is 24.8 Å². The summed E-state index contributed by atoms with van der Waals surface area (Å²) in [6.45, 7) is 3.23. The third kappa shape index (κ3) is 3.92. The molecule has 2 aliphatic rings. The Morgan fingerprint density at radius 1 is 1.00 bits per heavy atom. The van der Waals surface area contributed by atoms with E-state index in [4.69, 9.17) is 0 Å². The van der Waals surface area contributed by atoms with Crippen LogP contribution in [0.15, 0.2) is 47.8 Å². The minimum Gasteiger partial charge on any atom is -0.345 e. The number of benzene rings is 1. The molecule has 4 rings (SSSR count). The maximum atomic E-state index is 12.7. The van der Waals surface area contributed by atoms with Gasteiger partial charge in [-0.3, -0.25) is 14.5 Å². The van der Waals surface area contributed by atoms with E-state index in [2.05, 4.69) is 22.3 Å².